The summed E-state index contributed by atoms with van der Waals surface area (Å²) in [4.78, 5) is 16.2. The van der Waals surface area contributed by atoms with E-state index < -0.39 is 17.6 Å². The number of carbonyl (C=O) groups is 1. The Labute approximate surface area is 158 Å². The molecule has 3 aromatic rings. The van der Waals surface area contributed by atoms with Crippen LogP contribution in [0, 0.1) is 5.82 Å². The van der Waals surface area contributed by atoms with Gasteiger partial charge in [-0.2, -0.15) is 13.2 Å². The number of pyridine rings is 1. The second-order valence-corrected chi connectivity index (χ2v) is 5.94. The van der Waals surface area contributed by atoms with E-state index in [1.165, 1.54) is 36.5 Å². The summed E-state index contributed by atoms with van der Waals surface area (Å²) >= 11 is 0. The van der Waals surface area contributed by atoms with E-state index >= 15 is 0 Å². The predicted octanol–water partition coefficient (Wildman–Crippen LogP) is 4.91. The maximum absolute atomic E-state index is 12.9. The fourth-order valence-corrected chi connectivity index (χ4v) is 2.39. The van der Waals surface area contributed by atoms with E-state index in [1.54, 1.807) is 18.2 Å². The first-order chi connectivity index (χ1) is 13.3. The minimum absolute atomic E-state index is 0.181. The number of carbonyl (C=O) groups excluding carboxylic acids is 1. The Bertz CT molecular complexity index is 937. The van der Waals surface area contributed by atoms with E-state index in [9.17, 15) is 22.4 Å². The minimum Gasteiger partial charge on any atom is -0.354 e. The summed E-state index contributed by atoms with van der Waals surface area (Å²) in [5, 5.41) is 5.59. The first-order valence-electron chi connectivity index (χ1n) is 8.24. The molecule has 1 aromatic heterocycles. The van der Waals surface area contributed by atoms with Crippen LogP contribution in [0.3, 0.4) is 0 Å². The SMILES string of the molecule is O=C(NCc1ccc(F)cc1)c1ccc(Nc2ccc(C(F)(F)F)cc2)cn1. The fourth-order valence-electron chi connectivity index (χ4n) is 2.39. The molecule has 28 heavy (non-hydrogen) atoms. The van der Waals surface area contributed by atoms with Gasteiger partial charge in [-0.1, -0.05) is 12.1 Å². The van der Waals surface area contributed by atoms with Crippen molar-refractivity contribution in [2.75, 3.05) is 5.32 Å². The molecule has 0 aliphatic heterocycles. The van der Waals surface area contributed by atoms with Crippen molar-refractivity contribution in [2.45, 2.75) is 12.7 Å². The van der Waals surface area contributed by atoms with Crippen molar-refractivity contribution in [3.05, 3.63) is 89.5 Å². The van der Waals surface area contributed by atoms with Crippen LogP contribution in [-0.4, -0.2) is 10.9 Å². The van der Waals surface area contributed by atoms with Gasteiger partial charge in [0.1, 0.15) is 11.5 Å². The number of aromatic nitrogens is 1. The highest BCUT2D eigenvalue weighted by atomic mass is 19.4. The number of benzene rings is 2. The third-order valence-corrected chi connectivity index (χ3v) is 3.86. The molecule has 1 amide bonds. The highest BCUT2D eigenvalue weighted by Crippen LogP contribution is 2.30. The lowest BCUT2D eigenvalue weighted by Gasteiger charge is -2.10. The molecule has 0 unspecified atom stereocenters. The van der Waals surface area contributed by atoms with Crippen LogP contribution >= 0.6 is 0 Å². The predicted molar refractivity (Wildman–Crippen MR) is 96.5 cm³/mol. The van der Waals surface area contributed by atoms with Gasteiger partial charge < -0.3 is 10.6 Å². The summed E-state index contributed by atoms with van der Waals surface area (Å²) < 4.78 is 50.6. The van der Waals surface area contributed by atoms with Crippen LogP contribution in [0.5, 0.6) is 0 Å². The molecule has 8 heteroatoms. The number of nitrogens with one attached hydrogen (secondary N) is 2. The zero-order chi connectivity index (χ0) is 20.1. The standard InChI is InChI=1S/C20H15F4N3O/c21-15-5-1-13(2-6-15)11-26-19(28)18-10-9-17(12-25-18)27-16-7-3-14(4-8-16)20(22,23)24/h1-10,12,27H,11H2,(H,26,28). The van der Waals surface area contributed by atoms with Crippen LogP contribution in [0.1, 0.15) is 21.6 Å². The quantitative estimate of drug-likeness (QED) is 0.610. The van der Waals surface area contributed by atoms with Gasteiger partial charge in [0, 0.05) is 12.2 Å². The molecule has 0 spiro atoms. The fraction of sp³-hybridized carbons (Fsp3) is 0.100. The lowest BCUT2D eigenvalue weighted by molar-refractivity contribution is -0.137. The molecule has 0 radical (unpaired) electrons. The molecule has 4 nitrogen and oxygen atoms in total. The van der Waals surface area contributed by atoms with Crippen molar-refractivity contribution in [3.63, 3.8) is 0 Å². The van der Waals surface area contributed by atoms with Crippen molar-refractivity contribution in [1.29, 1.82) is 0 Å². The van der Waals surface area contributed by atoms with Crippen molar-refractivity contribution < 1.29 is 22.4 Å². The van der Waals surface area contributed by atoms with Crippen LogP contribution in [0.2, 0.25) is 0 Å². The maximum atomic E-state index is 12.9. The number of nitrogens with zero attached hydrogens (tertiary/aromatic N) is 1. The summed E-state index contributed by atoms with van der Waals surface area (Å²) in [6, 6.07) is 13.4. The summed E-state index contributed by atoms with van der Waals surface area (Å²) in [5.41, 5.74) is 1.18. The molecule has 0 saturated heterocycles. The number of halogens is 4. The van der Waals surface area contributed by atoms with Crippen molar-refractivity contribution in [1.82, 2.24) is 10.3 Å². The largest absolute Gasteiger partial charge is 0.416 e. The summed E-state index contributed by atoms with van der Waals surface area (Å²) in [7, 11) is 0. The molecule has 0 saturated carbocycles. The third kappa shape index (κ3) is 5.06. The number of anilines is 2. The van der Waals surface area contributed by atoms with Crippen LogP contribution < -0.4 is 10.6 Å². The van der Waals surface area contributed by atoms with E-state index in [1.807, 2.05) is 0 Å². The van der Waals surface area contributed by atoms with Crippen molar-refractivity contribution in [2.24, 2.45) is 0 Å². The molecule has 0 aliphatic rings. The summed E-state index contributed by atoms with van der Waals surface area (Å²) in [5.74, 6) is -0.752. The molecule has 3 rings (SSSR count). The lowest BCUT2D eigenvalue weighted by atomic mass is 10.2. The second-order valence-electron chi connectivity index (χ2n) is 5.94. The zero-order valence-electron chi connectivity index (χ0n) is 14.4. The van der Waals surface area contributed by atoms with Crippen LogP contribution in [-0.2, 0) is 12.7 Å². The van der Waals surface area contributed by atoms with Gasteiger partial charge in [0.25, 0.3) is 5.91 Å². The number of rotatable bonds is 5. The molecule has 0 fully saturated rings. The third-order valence-electron chi connectivity index (χ3n) is 3.86. The molecule has 1 heterocycles. The van der Waals surface area contributed by atoms with Crippen LogP contribution in [0.15, 0.2) is 66.9 Å². The average molecular weight is 389 g/mol. The molecule has 2 aromatic carbocycles. The van der Waals surface area contributed by atoms with Crippen molar-refractivity contribution >= 4 is 17.3 Å². The van der Waals surface area contributed by atoms with E-state index in [0.29, 0.717) is 11.4 Å². The molecule has 2 N–H and O–H groups in total. The Morgan fingerprint density at radius 1 is 0.893 bits per heavy atom. The monoisotopic (exact) mass is 389 g/mol. The second kappa shape index (κ2) is 8.08. The van der Waals surface area contributed by atoms with E-state index in [2.05, 4.69) is 15.6 Å². The van der Waals surface area contributed by atoms with Gasteiger partial charge in [-0.3, -0.25) is 4.79 Å². The molecular formula is C20H15F4N3O. The molecule has 0 bridgehead atoms. The first kappa shape index (κ1) is 19.3. The van der Waals surface area contributed by atoms with Gasteiger partial charge in [-0.25, -0.2) is 9.37 Å². The van der Waals surface area contributed by atoms with Gasteiger partial charge in [0.15, 0.2) is 0 Å². The number of alkyl halides is 3. The smallest absolute Gasteiger partial charge is 0.354 e. The topological polar surface area (TPSA) is 54.0 Å². The maximum Gasteiger partial charge on any atom is 0.416 e. The van der Waals surface area contributed by atoms with Gasteiger partial charge in [0.05, 0.1) is 17.4 Å². The summed E-state index contributed by atoms with van der Waals surface area (Å²) in [6.45, 7) is 0.229. The Morgan fingerprint density at radius 3 is 2.11 bits per heavy atom. The number of hydrogen-bond acceptors (Lipinski definition) is 3. The molecule has 0 aliphatic carbocycles. The zero-order valence-corrected chi connectivity index (χ0v) is 14.4. The number of amides is 1. The Kier molecular flexibility index (Phi) is 5.58. The minimum atomic E-state index is -4.39. The van der Waals surface area contributed by atoms with Crippen molar-refractivity contribution in [3.8, 4) is 0 Å². The highest BCUT2D eigenvalue weighted by molar-refractivity contribution is 5.92. The Balaban J connectivity index is 1.58. The summed E-state index contributed by atoms with van der Waals surface area (Å²) in [6.07, 6.45) is -2.98. The molecule has 144 valence electrons. The van der Waals surface area contributed by atoms with Gasteiger partial charge in [-0.15, -0.1) is 0 Å². The molecule has 0 atom stereocenters. The number of hydrogen-bond donors (Lipinski definition) is 2. The van der Waals surface area contributed by atoms with Gasteiger partial charge >= 0.3 is 6.18 Å². The highest BCUT2D eigenvalue weighted by Gasteiger charge is 2.29. The van der Waals surface area contributed by atoms with E-state index in [-0.39, 0.29) is 18.1 Å². The van der Waals surface area contributed by atoms with E-state index in [0.717, 1.165) is 17.7 Å². The first-order valence-corrected chi connectivity index (χ1v) is 8.24. The molecular weight excluding hydrogens is 374 g/mol. The lowest BCUT2D eigenvalue weighted by Crippen LogP contribution is -2.23. The van der Waals surface area contributed by atoms with Crippen LogP contribution in [0.4, 0.5) is 28.9 Å². The van der Waals surface area contributed by atoms with Gasteiger partial charge in [0.2, 0.25) is 0 Å². The average Bonchev–Trinajstić information content (AvgIpc) is 2.67. The van der Waals surface area contributed by atoms with E-state index in [4.69, 9.17) is 0 Å². The van der Waals surface area contributed by atoms with Gasteiger partial charge in [-0.05, 0) is 54.1 Å². The normalized spacial score (nSPS) is 11.1. The van der Waals surface area contributed by atoms with Crippen LogP contribution in [0.25, 0.3) is 0 Å². The Morgan fingerprint density at radius 2 is 1.54 bits per heavy atom. The Hall–Kier alpha value is -3.42.